The molecule has 0 aliphatic heterocycles. The lowest BCUT2D eigenvalue weighted by Gasteiger charge is -2.09. The van der Waals surface area contributed by atoms with Crippen LogP contribution in [0.4, 0.5) is 24.8 Å². The topological polar surface area (TPSA) is 82.7 Å². The Labute approximate surface area is 198 Å². The van der Waals surface area contributed by atoms with Crippen molar-refractivity contribution in [2.24, 2.45) is 0 Å². The van der Waals surface area contributed by atoms with Gasteiger partial charge >= 0.3 is 0 Å². The molecule has 0 unspecified atom stereocenters. The standard InChI is InChI=1S/C24H19ClF3N5O/c1-12-20(13(2)31-21(12)23(34)29-10-14-3-6-16(26)7-4-14)22-18(28)11-30-24(33-22)32-19-8-5-15(25)9-17(19)27/h3-9,11,31H,10H2,1-2H3,(H,29,34)(H,30,32,33). The Balaban J connectivity index is 1.60. The molecule has 2 aromatic carbocycles. The van der Waals surface area contributed by atoms with Gasteiger partial charge in [-0.3, -0.25) is 4.79 Å². The normalized spacial score (nSPS) is 10.9. The molecule has 10 heteroatoms. The highest BCUT2D eigenvalue weighted by atomic mass is 35.5. The number of carbonyl (C=O) groups excluding carboxylic acids is 1. The molecule has 3 N–H and O–H groups in total. The molecular formula is C24H19ClF3N5O. The average Bonchev–Trinajstić information content (AvgIpc) is 3.10. The second-order valence-electron chi connectivity index (χ2n) is 7.57. The highest BCUT2D eigenvalue weighted by Crippen LogP contribution is 2.31. The number of anilines is 2. The van der Waals surface area contributed by atoms with Gasteiger partial charge in [-0.25, -0.2) is 23.1 Å². The van der Waals surface area contributed by atoms with E-state index in [1.165, 1.54) is 24.3 Å². The van der Waals surface area contributed by atoms with Crippen molar-refractivity contribution >= 4 is 29.1 Å². The molecule has 1 amide bonds. The summed E-state index contributed by atoms with van der Waals surface area (Å²) in [5, 5.41) is 5.69. The van der Waals surface area contributed by atoms with Gasteiger partial charge in [0.15, 0.2) is 5.82 Å². The van der Waals surface area contributed by atoms with Crippen LogP contribution in [-0.2, 0) is 6.54 Å². The second-order valence-corrected chi connectivity index (χ2v) is 8.01. The molecule has 0 fully saturated rings. The first-order valence-corrected chi connectivity index (χ1v) is 10.6. The van der Waals surface area contributed by atoms with Crippen LogP contribution in [0.5, 0.6) is 0 Å². The zero-order chi connectivity index (χ0) is 24.4. The van der Waals surface area contributed by atoms with Gasteiger partial charge in [-0.1, -0.05) is 23.7 Å². The van der Waals surface area contributed by atoms with Crippen molar-refractivity contribution in [2.75, 3.05) is 5.32 Å². The molecule has 34 heavy (non-hydrogen) atoms. The number of amides is 1. The number of H-pyrrole nitrogens is 1. The maximum Gasteiger partial charge on any atom is 0.268 e. The van der Waals surface area contributed by atoms with E-state index in [-0.39, 0.29) is 40.4 Å². The fourth-order valence-corrected chi connectivity index (χ4v) is 3.68. The summed E-state index contributed by atoms with van der Waals surface area (Å²) in [6.45, 7) is 3.54. The first kappa shape index (κ1) is 23.3. The number of rotatable bonds is 6. The van der Waals surface area contributed by atoms with Crippen LogP contribution < -0.4 is 10.6 Å². The molecular weight excluding hydrogens is 467 g/mol. The van der Waals surface area contributed by atoms with Crippen LogP contribution >= 0.6 is 11.6 Å². The van der Waals surface area contributed by atoms with Crippen LogP contribution in [-0.4, -0.2) is 20.9 Å². The molecule has 0 aliphatic carbocycles. The lowest BCUT2D eigenvalue weighted by Crippen LogP contribution is -2.23. The monoisotopic (exact) mass is 485 g/mol. The predicted molar refractivity (Wildman–Crippen MR) is 124 cm³/mol. The number of nitrogens with one attached hydrogen (secondary N) is 3. The summed E-state index contributed by atoms with van der Waals surface area (Å²) in [7, 11) is 0. The number of hydrogen-bond donors (Lipinski definition) is 3. The molecule has 0 atom stereocenters. The van der Waals surface area contributed by atoms with E-state index in [4.69, 9.17) is 11.6 Å². The predicted octanol–water partition coefficient (Wildman–Crippen LogP) is 5.83. The Morgan fingerprint density at radius 2 is 1.79 bits per heavy atom. The Morgan fingerprint density at radius 3 is 2.50 bits per heavy atom. The molecule has 0 saturated heterocycles. The molecule has 0 spiro atoms. The minimum atomic E-state index is -0.703. The van der Waals surface area contributed by atoms with E-state index in [0.717, 1.165) is 17.8 Å². The van der Waals surface area contributed by atoms with Gasteiger partial charge in [-0.05, 0) is 55.3 Å². The summed E-state index contributed by atoms with van der Waals surface area (Å²) in [6, 6.07) is 9.80. The minimum absolute atomic E-state index is 0.0278. The first-order valence-electron chi connectivity index (χ1n) is 10.2. The van der Waals surface area contributed by atoms with Crippen LogP contribution in [0.15, 0.2) is 48.7 Å². The van der Waals surface area contributed by atoms with E-state index in [2.05, 4.69) is 25.6 Å². The van der Waals surface area contributed by atoms with Crippen molar-refractivity contribution in [3.63, 3.8) is 0 Å². The Hall–Kier alpha value is -3.85. The van der Waals surface area contributed by atoms with Crippen LogP contribution in [0.25, 0.3) is 11.3 Å². The number of benzene rings is 2. The van der Waals surface area contributed by atoms with Crippen molar-refractivity contribution in [2.45, 2.75) is 20.4 Å². The van der Waals surface area contributed by atoms with E-state index in [9.17, 15) is 18.0 Å². The minimum Gasteiger partial charge on any atom is -0.354 e. The number of carbonyl (C=O) groups is 1. The van der Waals surface area contributed by atoms with Crippen molar-refractivity contribution in [3.05, 3.63) is 93.7 Å². The Bertz CT molecular complexity index is 1370. The van der Waals surface area contributed by atoms with Gasteiger partial charge in [0.1, 0.15) is 23.0 Å². The van der Waals surface area contributed by atoms with E-state index in [1.54, 1.807) is 26.0 Å². The van der Waals surface area contributed by atoms with Gasteiger partial charge in [0.25, 0.3) is 5.91 Å². The lowest BCUT2D eigenvalue weighted by atomic mass is 10.1. The molecule has 0 aliphatic rings. The zero-order valence-electron chi connectivity index (χ0n) is 18.1. The zero-order valence-corrected chi connectivity index (χ0v) is 18.9. The molecule has 0 bridgehead atoms. The molecule has 2 aromatic heterocycles. The Morgan fingerprint density at radius 1 is 1.06 bits per heavy atom. The number of aromatic nitrogens is 3. The number of hydrogen-bond acceptors (Lipinski definition) is 4. The van der Waals surface area contributed by atoms with Gasteiger partial charge in [-0.2, -0.15) is 0 Å². The van der Waals surface area contributed by atoms with Crippen LogP contribution in [0.1, 0.15) is 27.3 Å². The fraction of sp³-hybridized carbons (Fsp3) is 0.125. The van der Waals surface area contributed by atoms with Gasteiger partial charge in [-0.15, -0.1) is 0 Å². The first-order chi connectivity index (χ1) is 16.2. The molecule has 4 rings (SSSR count). The van der Waals surface area contributed by atoms with Gasteiger partial charge in [0.05, 0.1) is 11.9 Å². The highest BCUT2D eigenvalue weighted by Gasteiger charge is 2.22. The van der Waals surface area contributed by atoms with Crippen molar-refractivity contribution in [3.8, 4) is 11.3 Å². The van der Waals surface area contributed by atoms with Crippen molar-refractivity contribution in [1.29, 1.82) is 0 Å². The molecule has 0 saturated carbocycles. The number of aromatic amines is 1. The third kappa shape index (κ3) is 4.89. The lowest BCUT2D eigenvalue weighted by molar-refractivity contribution is 0.0946. The second kappa shape index (κ2) is 9.56. The van der Waals surface area contributed by atoms with E-state index < -0.39 is 17.5 Å². The largest absolute Gasteiger partial charge is 0.354 e. The third-order valence-corrected chi connectivity index (χ3v) is 5.42. The Kier molecular flexibility index (Phi) is 6.56. The van der Waals surface area contributed by atoms with Gasteiger partial charge < -0.3 is 15.6 Å². The summed E-state index contributed by atoms with van der Waals surface area (Å²) < 4.78 is 41.9. The summed E-state index contributed by atoms with van der Waals surface area (Å²) in [6.07, 6.45) is 0.971. The molecule has 0 radical (unpaired) electrons. The van der Waals surface area contributed by atoms with Crippen LogP contribution in [0, 0.1) is 31.3 Å². The fourth-order valence-electron chi connectivity index (χ4n) is 3.52. The molecule has 2 heterocycles. The third-order valence-electron chi connectivity index (χ3n) is 5.19. The van der Waals surface area contributed by atoms with Crippen molar-refractivity contribution in [1.82, 2.24) is 20.3 Å². The van der Waals surface area contributed by atoms with Gasteiger partial charge in [0.2, 0.25) is 5.95 Å². The van der Waals surface area contributed by atoms with E-state index >= 15 is 0 Å². The van der Waals surface area contributed by atoms with Crippen LogP contribution in [0.2, 0.25) is 5.02 Å². The van der Waals surface area contributed by atoms with E-state index in [1.807, 2.05) is 0 Å². The van der Waals surface area contributed by atoms with E-state index in [0.29, 0.717) is 16.8 Å². The quantitative estimate of drug-likeness (QED) is 0.321. The summed E-state index contributed by atoms with van der Waals surface area (Å²) >= 11 is 5.77. The number of aryl methyl sites for hydroxylation is 1. The summed E-state index contributed by atoms with van der Waals surface area (Å²) in [4.78, 5) is 23.8. The average molecular weight is 486 g/mol. The summed E-state index contributed by atoms with van der Waals surface area (Å²) in [5.74, 6) is -2.12. The smallest absolute Gasteiger partial charge is 0.268 e. The highest BCUT2D eigenvalue weighted by molar-refractivity contribution is 6.30. The van der Waals surface area contributed by atoms with Crippen molar-refractivity contribution < 1.29 is 18.0 Å². The maximum atomic E-state index is 14.7. The number of halogens is 4. The maximum absolute atomic E-state index is 14.7. The molecule has 174 valence electrons. The summed E-state index contributed by atoms with van der Waals surface area (Å²) in [5.41, 5.74) is 2.39. The van der Waals surface area contributed by atoms with Crippen LogP contribution in [0.3, 0.4) is 0 Å². The number of nitrogens with zero attached hydrogens (tertiary/aromatic N) is 2. The SMILES string of the molecule is Cc1[nH]c(C(=O)NCc2ccc(F)cc2)c(C)c1-c1nc(Nc2ccc(Cl)cc2F)ncc1F. The molecule has 6 nitrogen and oxygen atoms in total. The van der Waals surface area contributed by atoms with Gasteiger partial charge in [0, 0.05) is 22.8 Å². The molecule has 4 aromatic rings.